The molecule has 0 radical (unpaired) electrons. The topological polar surface area (TPSA) is 35.3 Å². The van der Waals surface area contributed by atoms with Gasteiger partial charge < -0.3 is 9.94 Å². The van der Waals surface area contributed by atoms with E-state index in [0.29, 0.717) is 12.5 Å². The van der Waals surface area contributed by atoms with E-state index in [0.717, 1.165) is 21.6 Å². The molecule has 2 aromatic rings. The molecule has 0 aliphatic carbocycles. The lowest BCUT2D eigenvalue weighted by molar-refractivity contribution is -0.471. The van der Waals surface area contributed by atoms with Crippen molar-refractivity contribution in [1.29, 1.82) is 0 Å². The van der Waals surface area contributed by atoms with Gasteiger partial charge in [-0.3, -0.25) is 0 Å². The largest absolute Gasteiger partial charge is 0.624 e. The molecule has 0 N–H and O–H groups in total. The van der Waals surface area contributed by atoms with E-state index in [1.807, 2.05) is 43.3 Å². The Hall–Kier alpha value is -2.29. The third-order valence-corrected chi connectivity index (χ3v) is 3.49. The van der Waals surface area contributed by atoms with Crippen LogP contribution in [0.25, 0.3) is 0 Å². The molecule has 0 spiro atoms. The van der Waals surface area contributed by atoms with Gasteiger partial charge in [0.25, 0.3) is 0 Å². The number of aryl methyl sites for hydroxylation is 1. The van der Waals surface area contributed by atoms with Crippen LogP contribution >= 0.6 is 0 Å². The van der Waals surface area contributed by atoms with Gasteiger partial charge in [-0.15, -0.1) is 0 Å². The van der Waals surface area contributed by atoms with Gasteiger partial charge in [0.05, 0.1) is 0 Å². The number of hydrogen-bond acceptors (Lipinski definition) is 2. The van der Waals surface area contributed by atoms with Gasteiger partial charge in [0.2, 0.25) is 0 Å². The first-order chi connectivity index (χ1) is 10.6. The van der Waals surface area contributed by atoms with Crippen molar-refractivity contribution < 1.29 is 9.48 Å². The minimum absolute atomic E-state index is 0.277. The van der Waals surface area contributed by atoms with Crippen LogP contribution in [0.4, 0.5) is 0 Å². The van der Waals surface area contributed by atoms with Gasteiger partial charge in [-0.1, -0.05) is 56.3 Å². The van der Waals surface area contributed by atoms with Crippen molar-refractivity contribution in [3.05, 3.63) is 70.4 Å². The fourth-order valence-corrected chi connectivity index (χ4v) is 2.28. The molecule has 0 saturated heterocycles. The summed E-state index contributed by atoms with van der Waals surface area (Å²) in [5.74, 6) is 1.25. The molecule has 3 heteroatoms. The molecule has 0 fully saturated rings. The lowest BCUT2D eigenvalue weighted by Gasteiger charge is -2.13. The maximum absolute atomic E-state index is 11.9. The Balaban J connectivity index is 1.98. The van der Waals surface area contributed by atoms with Gasteiger partial charge in [-0.05, 0) is 30.0 Å². The van der Waals surface area contributed by atoms with E-state index in [4.69, 9.17) is 4.74 Å². The first-order valence-corrected chi connectivity index (χ1v) is 7.60. The summed E-state index contributed by atoms with van der Waals surface area (Å²) >= 11 is 0. The van der Waals surface area contributed by atoms with Crippen molar-refractivity contribution in [2.75, 3.05) is 6.61 Å². The molecular weight excluding hydrogens is 274 g/mol. The summed E-state index contributed by atoms with van der Waals surface area (Å²) in [6.07, 6.45) is 1.54. The second kappa shape index (κ2) is 7.64. The summed E-state index contributed by atoms with van der Waals surface area (Å²) in [7, 11) is 0. The van der Waals surface area contributed by atoms with Crippen LogP contribution in [-0.2, 0) is 6.54 Å². The summed E-state index contributed by atoms with van der Waals surface area (Å²) < 4.78 is 6.71. The molecule has 22 heavy (non-hydrogen) atoms. The van der Waals surface area contributed by atoms with Crippen LogP contribution in [0.15, 0.2) is 48.5 Å². The molecule has 2 aromatic carbocycles. The Morgan fingerprint density at radius 2 is 1.86 bits per heavy atom. The van der Waals surface area contributed by atoms with Crippen molar-refractivity contribution in [3.8, 4) is 5.75 Å². The highest BCUT2D eigenvalue weighted by molar-refractivity contribution is 5.54. The zero-order chi connectivity index (χ0) is 15.9. The van der Waals surface area contributed by atoms with Crippen molar-refractivity contribution in [2.45, 2.75) is 33.2 Å². The van der Waals surface area contributed by atoms with Gasteiger partial charge in [0, 0.05) is 5.56 Å². The van der Waals surface area contributed by atoms with Crippen LogP contribution < -0.4 is 4.74 Å². The van der Waals surface area contributed by atoms with Crippen LogP contribution in [0.2, 0.25) is 0 Å². The third kappa shape index (κ3) is 4.62. The van der Waals surface area contributed by atoms with Gasteiger partial charge in [-0.2, -0.15) is 0 Å². The number of benzene rings is 2. The number of nitrogens with zero attached hydrogens (tertiary/aromatic N) is 1. The smallest absolute Gasteiger partial charge is 0.189 e. The SMILES string of the molecule is Cc1ccc(C(C)C)c(OCC=[N+]([O-])Cc2ccccc2)c1. The van der Waals surface area contributed by atoms with Crippen LogP contribution in [0.5, 0.6) is 5.75 Å². The van der Waals surface area contributed by atoms with E-state index in [-0.39, 0.29) is 6.61 Å². The lowest BCUT2D eigenvalue weighted by Crippen LogP contribution is -2.11. The fraction of sp³-hybridized carbons (Fsp3) is 0.316. The fourth-order valence-electron chi connectivity index (χ4n) is 2.28. The predicted molar refractivity (Wildman–Crippen MR) is 90.6 cm³/mol. The monoisotopic (exact) mass is 297 g/mol. The lowest BCUT2D eigenvalue weighted by atomic mass is 10.0. The molecule has 2 rings (SSSR count). The van der Waals surface area contributed by atoms with E-state index in [1.54, 1.807) is 6.21 Å². The first-order valence-electron chi connectivity index (χ1n) is 7.60. The van der Waals surface area contributed by atoms with Crippen molar-refractivity contribution in [1.82, 2.24) is 0 Å². The maximum atomic E-state index is 11.9. The van der Waals surface area contributed by atoms with Gasteiger partial charge >= 0.3 is 0 Å². The summed E-state index contributed by atoms with van der Waals surface area (Å²) in [6.45, 7) is 6.93. The molecule has 0 unspecified atom stereocenters. The standard InChI is InChI=1S/C19H23NO2/c1-15(2)18-10-9-16(3)13-19(18)22-12-11-20(21)14-17-7-5-4-6-8-17/h4-11,13,15H,12,14H2,1-3H3. The molecule has 0 saturated carbocycles. The Kier molecular flexibility index (Phi) is 5.59. The Morgan fingerprint density at radius 1 is 1.14 bits per heavy atom. The summed E-state index contributed by atoms with van der Waals surface area (Å²) in [5.41, 5.74) is 3.31. The van der Waals surface area contributed by atoms with Gasteiger partial charge in [0.1, 0.15) is 5.75 Å². The average molecular weight is 297 g/mol. The van der Waals surface area contributed by atoms with Crippen LogP contribution in [0.1, 0.15) is 36.5 Å². The van der Waals surface area contributed by atoms with Crippen molar-refractivity contribution in [2.24, 2.45) is 0 Å². The van der Waals surface area contributed by atoms with Crippen LogP contribution in [-0.4, -0.2) is 17.6 Å². The van der Waals surface area contributed by atoms with Crippen molar-refractivity contribution >= 4 is 6.21 Å². The number of ether oxygens (including phenoxy) is 1. The van der Waals surface area contributed by atoms with Crippen molar-refractivity contribution in [3.63, 3.8) is 0 Å². The second-order valence-corrected chi connectivity index (χ2v) is 5.75. The van der Waals surface area contributed by atoms with E-state index >= 15 is 0 Å². The normalized spacial score (nSPS) is 11.7. The molecule has 116 valence electrons. The minimum Gasteiger partial charge on any atom is -0.624 e. The van der Waals surface area contributed by atoms with Gasteiger partial charge in [-0.25, -0.2) is 4.74 Å². The summed E-state index contributed by atoms with van der Waals surface area (Å²) in [6, 6.07) is 15.9. The van der Waals surface area contributed by atoms with Crippen LogP contribution in [0.3, 0.4) is 0 Å². The predicted octanol–water partition coefficient (Wildman–Crippen LogP) is 4.28. The minimum atomic E-state index is 0.277. The molecule has 0 aliphatic rings. The number of hydroxylamine groups is 1. The molecule has 0 aromatic heterocycles. The zero-order valence-corrected chi connectivity index (χ0v) is 13.5. The zero-order valence-electron chi connectivity index (χ0n) is 13.5. The molecule has 3 nitrogen and oxygen atoms in total. The van der Waals surface area contributed by atoms with Crippen LogP contribution in [0, 0.1) is 12.1 Å². The molecule has 0 bridgehead atoms. The quantitative estimate of drug-likeness (QED) is 0.345. The maximum Gasteiger partial charge on any atom is 0.189 e. The van der Waals surface area contributed by atoms with Gasteiger partial charge in [0.15, 0.2) is 19.4 Å². The first kappa shape index (κ1) is 16.1. The summed E-state index contributed by atoms with van der Waals surface area (Å²) in [5, 5.41) is 11.9. The molecule has 0 aliphatic heterocycles. The molecule has 0 atom stereocenters. The highest BCUT2D eigenvalue weighted by Crippen LogP contribution is 2.27. The number of rotatable bonds is 6. The Bertz CT molecular complexity index is 633. The third-order valence-electron chi connectivity index (χ3n) is 3.49. The van der Waals surface area contributed by atoms with E-state index in [1.165, 1.54) is 5.56 Å². The average Bonchev–Trinajstić information content (AvgIpc) is 2.48. The molecule has 0 amide bonds. The Morgan fingerprint density at radius 3 is 2.55 bits per heavy atom. The van der Waals surface area contributed by atoms with E-state index < -0.39 is 0 Å². The van der Waals surface area contributed by atoms with E-state index in [9.17, 15) is 5.21 Å². The highest BCUT2D eigenvalue weighted by Gasteiger charge is 2.08. The van der Waals surface area contributed by atoms with E-state index in [2.05, 4.69) is 26.0 Å². The molecule has 0 heterocycles. The molecular formula is C19H23NO2. The Labute approximate surface area is 132 Å². The highest BCUT2D eigenvalue weighted by atomic mass is 16.5. The summed E-state index contributed by atoms with van der Waals surface area (Å²) in [4.78, 5) is 0. The number of hydrogen-bond donors (Lipinski definition) is 0. The second-order valence-electron chi connectivity index (χ2n) is 5.75.